The Kier molecular flexibility index (Phi) is 4.66. The summed E-state index contributed by atoms with van der Waals surface area (Å²) in [5, 5.41) is 9.50. The molecule has 26 heavy (non-hydrogen) atoms. The van der Waals surface area contributed by atoms with Gasteiger partial charge in [0.2, 0.25) is 0 Å². The standard InChI is InChI=1S/C18H21N3O5/c1-23-16-6-12(25-11-2-3-11)4-5-14(16)18(22)21-15-9-24-10-17(15)26-13-7-19-20-8-13/h4-8,11,15,17H,2-3,9-10H2,1H3,(H,19,20)(H,21,22)/t15-,17+/m0/s1. The molecular formula is C18H21N3O5. The molecule has 1 aromatic heterocycles. The molecule has 0 radical (unpaired) electrons. The largest absolute Gasteiger partial charge is 0.496 e. The van der Waals surface area contributed by atoms with E-state index in [1.807, 2.05) is 0 Å². The maximum absolute atomic E-state index is 12.7. The molecule has 2 fully saturated rings. The van der Waals surface area contributed by atoms with E-state index in [9.17, 15) is 4.79 Å². The lowest BCUT2D eigenvalue weighted by Gasteiger charge is -2.20. The first-order chi connectivity index (χ1) is 12.7. The van der Waals surface area contributed by atoms with Crippen LogP contribution >= 0.6 is 0 Å². The van der Waals surface area contributed by atoms with E-state index in [1.54, 1.807) is 30.6 Å². The van der Waals surface area contributed by atoms with E-state index in [1.165, 1.54) is 7.11 Å². The van der Waals surface area contributed by atoms with E-state index < -0.39 is 0 Å². The molecule has 0 bridgehead atoms. The monoisotopic (exact) mass is 359 g/mol. The Hall–Kier alpha value is -2.74. The van der Waals surface area contributed by atoms with Crippen LogP contribution in [0.4, 0.5) is 0 Å². The molecule has 138 valence electrons. The van der Waals surface area contributed by atoms with Crippen molar-refractivity contribution in [3.8, 4) is 17.2 Å². The highest BCUT2D eigenvalue weighted by molar-refractivity contribution is 5.97. The summed E-state index contributed by atoms with van der Waals surface area (Å²) in [6.07, 6.45) is 5.39. The molecule has 1 amide bonds. The highest BCUT2D eigenvalue weighted by Gasteiger charge is 2.32. The number of hydrogen-bond donors (Lipinski definition) is 2. The molecule has 2 aliphatic rings. The molecule has 8 nitrogen and oxygen atoms in total. The van der Waals surface area contributed by atoms with Gasteiger partial charge in [-0.3, -0.25) is 9.89 Å². The van der Waals surface area contributed by atoms with E-state index in [2.05, 4.69) is 15.5 Å². The molecule has 1 aromatic carbocycles. The lowest BCUT2D eigenvalue weighted by atomic mass is 10.1. The summed E-state index contributed by atoms with van der Waals surface area (Å²) in [5.41, 5.74) is 0.449. The van der Waals surface area contributed by atoms with Crippen molar-refractivity contribution in [2.75, 3.05) is 20.3 Å². The molecule has 2 heterocycles. The highest BCUT2D eigenvalue weighted by Crippen LogP contribution is 2.31. The van der Waals surface area contributed by atoms with Gasteiger partial charge in [0.15, 0.2) is 5.75 Å². The molecule has 2 N–H and O–H groups in total. The van der Waals surface area contributed by atoms with Gasteiger partial charge in [0, 0.05) is 6.07 Å². The van der Waals surface area contributed by atoms with Gasteiger partial charge in [-0.2, -0.15) is 5.10 Å². The van der Waals surface area contributed by atoms with Crippen LogP contribution in [0.3, 0.4) is 0 Å². The minimum Gasteiger partial charge on any atom is -0.496 e. The van der Waals surface area contributed by atoms with Gasteiger partial charge >= 0.3 is 0 Å². The lowest BCUT2D eigenvalue weighted by molar-refractivity contribution is 0.0901. The van der Waals surface area contributed by atoms with Crippen molar-refractivity contribution in [1.82, 2.24) is 15.5 Å². The molecule has 2 atom stereocenters. The summed E-state index contributed by atoms with van der Waals surface area (Å²) in [6.45, 7) is 0.793. The van der Waals surface area contributed by atoms with Gasteiger partial charge in [-0.1, -0.05) is 0 Å². The maximum Gasteiger partial charge on any atom is 0.255 e. The Morgan fingerprint density at radius 2 is 2.15 bits per heavy atom. The van der Waals surface area contributed by atoms with E-state index in [0.29, 0.717) is 36.0 Å². The smallest absolute Gasteiger partial charge is 0.255 e. The van der Waals surface area contributed by atoms with Gasteiger partial charge in [0.1, 0.15) is 17.6 Å². The number of nitrogens with zero attached hydrogens (tertiary/aromatic N) is 1. The molecule has 1 saturated heterocycles. The van der Waals surface area contributed by atoms with Crippen molar-refractivity contribution in [2.24, 2.45) is 0 Å². The van der Waals surface area contributed by atoms with Crippen LogP contribution in [0.2, 0.25) is 0 Å². The molecule has 8 heteroatoms. The minimum absolute atomic E-state index is 0.240. The number of ether oxygens (including phenoxy) is 4. The first kappa shape index (κ1) is 16.7. The fourth-order valence-corrected chi connectivity index (χ4v) is 2.82. The number of amides is 1. The van der Waals surface area contributed by atoms with Crippen LogP contribution < -0.4 is 19.5 Å². The summed E-state index contributed by atoms with van der Waals surface area (Å²) in [7, 11) is 1.54. The number of hydrogen-bond acceptors (Lipinski definition) is 6. The normalized spacial score (nSPS) is 22.0. The lowest BCUT2D eigenvalue weighted by Crippen LogP contribution is -2.45. The SMILES string of the molecule is COc1cc(OC2CC2)ccc1C(=O)N[C@H]1COC[C@H]1Oc1cn[nH]c1. The molecule has 0 unspecified atom stereocenters. The second kappa shape index (κ2) is 7.25. The summed E-state index contributed by atoms with van der Waals surface area (Å²) in [4.78, 5) is 12.7. The molecule has 1 saturated carbocycles. The number of carbonyl (C=O) groups is 1. The zero-order valence-corrected chi connectivity index (χ0v) is 14.4. The number of rotatable bonds is 7. The van der Waals surface area contributed by atoms with Crippen LogP contribution in [0.1, 0.15) is 23.2 Å². The number of methoxy groups -OCH3 is 1. The number of nitrogens with one attached hydrogen (secondary N) is 2. The molecule has 1 aliphatic heterocycles. The van der Waals surface area contributed by atoms with Crippen LogP contribution in [0.25, 0.3) is 0 Å². The molecule has 1 aliphatic carbocycles. The van der Waals surface area contributed by atoms with Crippen molar-refractivity contribution < 1.29 is 23.7 Å². The molecule has 4 rings (SSSR count). The summed E-state index contributed by atoms with van der Waals surface area (Å²) in [6, 6.07) is 5.00. The Labute approximate surface area is 150 Å². The third-order valence-electron chi connectivity index (χ3n) is 4.35. The van der Waals surface area contributed by atoms with Crippen LogP contribution in [0.5, 0.6) is 17.2 Å². The van der Waals surface area contributed by atoms with Crippen LogP contribution in [-0.2, 0) is 4.74 Å². The number of benzene rings is 1. The van der Waals surface area contributed by atoms with Crippen LogP contribution in [0, 0.1) is 0 Å². The number of aromatic nitrogens is 2. The van der Waals surface area contributed by atoms with Gasteiger partial charge < -0.3 is 24.3 Å². The molecular weight excluding hydrogens is 338 g/mol. The zero-order valence-electron chi connectivity index (χ0n) is 14.4. The average Bonchev–Trinajstić information content (AvgIpc) is 3.13. The summed E-state index contributed by atoms with van der Waals surface area (Å²) >= 11 is 0. The van der Waals surface area contributed by atoms with E-state index in [0.717, 1.165) is 12.8 Å². The Morgan fingerprint density at radius 1 is 1.27 bits per heavy atom. The van der Waals surface area contributed by atoms with Gasteiger partial charge in [0.05, 0.1) is 50.4 Å². The Morgan fingerprint density at radius 3 is 2.88 bits per heavy atom. The number of H-pyrrole nitrogens is 1. The fourth-order valence-electron chi connectivity index (χ4n) is 2.82. The van der Waals surface area contributed by atoms with E-state index in [-0.39, 0.29) is 24.2 Å². The van der Waals surface area contributed by atoms with E-state index >= 15 is 0 Å². The summed E-state index contributed by atoms with van der Waals surface area (Å²) in [5.74, 6) is 1.56. The maximum atomic E-state index is 12.7. The van der Waals surface area contributed by atoms with Gasteiger partial charge in [0.25, 0.3) is 5.91 Å². The zero-order chi connectivity index (χ0) is 17.9. The first-order valence-electron chi connectivity index (χ1n) is 8.61. The second-order valence-corrected chi connectivity index (χ2v) is 6.39. The fraction of sp³-hybridized carbons (Fsp3) is 0.444. The Bertz CT molecular complexity index is 760. The number of aromatic amines is 1. The van der Waals surface area contributed by atoms with Crippen molar-refractivity contribution in [3.05, 3.63) is 36.2 Å². The van der Waals surface area contributed by atoms with Crippen LogP contribution in [0.15, 0.2) is 30.6 Å². The highest BCUT2D eigenvalue weighted by atomic mass is 16.5. The van der Waals surface area contributed by atoms with E-state index in [4.69, 9.17) is 18.9 Å². The quantitative estimate of drug-likeness (QED) is 0.779. The molecule has 0 spiro atoms. The number of carbonyl (C=O) groups excluding carboxylic acids is 1. The van der Waals surface area contributed by atoms with Crippen molar-refractivity contribution >= 4 is 5.91 Å². The van der Waals surface area contributed by atoms with Gasteiger partial charge in [-0.05, 0) is 25.0 Å². The average molecular weight is 359 g/mol. The minimum atomic E-state index is -0.278. The van der Waals surface area contributed by atoms with Gasteiger partial charge in [-0.15, -0.1) is 0 Å². The third kappa shape index (κ3) is 3.75. The predicted molar refractivity (Wildman–Crippen MR) is 91.7 cm³/mol. The third-order valence-corrected chi connectivity index (χ3v) is 4.35. The Balaban J connectivity index is 1.43. The first-order valence-corrected chi connectivity index (χ1v) is 8.61. The van der Waals surface area contributed by atoms with Crippen molar-refractivity contribution in [2.45, 2.75) is 31.1 Å². The second-order valence-electron chi connectivity index (χ2n) is 6.39. The topological polar surface area (TPSA) is 94.7 Å². The molecule has 2 aromatic rings. The van der Waals surface area contributed by atoms with Crippen molar-refractivity contribution in [1.29, 1.82) is 0 Å². The summed E-state index contributed by atoms with van der Waals surface area (Å²) < 4.78 is 22.4. The predicted octanol–water partition coefficient (Wildman–Crippen LogP) is 1.54. The van der Waals surface area contributed by atoms with Gasteiger partial charge in [-0.25, -0.2) is 0 Å². The van der Waals surface area contributed by atoms with Crippen molar-refractivity contribution in [3.63, 3.8) is 0 Å². The van der Waals surface area contributed by atoms with Crippen LogP contribution in [-0.4, -0.2) is 54.7 Å².